The smallest absolute Gasteiger partial charge is 0.0893 e. The van der Waals surface area contributed by atoms with Crippen molar-refractivity contribution in [2.45, 2.75) is 39.2 Å². The molecule has 0 aliphatic heterocycles. The first-order chi connectivity index (χ1) is 6.61. The lowest BCUT2D eigenvalue weighted by Crippen LogP contribution is -1.97. The molecular formula is C11H17BrOS. The monoisotopic (exact) mass is 276 g/mol. The third-order valence-corrected chi connectivity index (χ3v) is 4.18. The minimum atomic E-state index is -0.289. The summed E-state index contributed by atoms with van der Waals surface area (Å²) in [4.78, 5) is 1.06. The quantitative estimate of drug-likeness (QED) is 0.847. The van der Waals surface area contributed by atoms with E-state index in [1.807, 2.05) is 11.4 Å². The van der Waals surface area contributed by atoms with E-state index < -0.39 is 0 Å². The van der Waals surface area contributed by atoms with Crippen LogP contribution in [0.3, 0.4) is 0 Å². The highest BCUT2D eigenvalue weighted by molar-refractivity contribution is 9.10. The SMILES string of the molecule is CC(C)CCCC(O)c1sccc1Br. The van der Waals surface area contributed by atoms with E-state index in [-0.39, 0.29) is 6.10 Å². The van der Waals surface area contributed by atoms with E-state index in [2.05, 4.69) is 29.8 Å². The van der Waals surface area contributed by atoms with Gasteiger partial charge < -0.3 is 5.11 Å². The molecule has 3 heteroatoms. The van der Waals surface area contributed by atoms with Crippen molar-refractivity contribution >= 4 is 27.3 Å². The van der Waals surface area contributed by atoms with Crippen LogP contribution >= 0.6 is 27.3 Å². The second-order valence-electron chi connectivity index (χ2n) is 3.97. The van der Waals surface area contributed by atoms with E-state index in [9.17, 15) is 5.11 Å². The normalized spacial score (nSPS) is 13.5. The maximum Gasteiger partial charge on any atom is 0.0893 e. The minimum Gasteiger partial charge on any atom is -0.388 e. The lowest BCUT2D eigenvalue weighted by atomic mass is 10.0. The number of halogens is 1. The van der Waals surface area contributed by atoms with Crippen molar-refractivity contribution in [3.05, 3.63) is 20.8 Å². The number of aliphatic hydroxyl groups excluding tert-OH is 1. The lowest BCUT2D eigenvalue weighted by molar-refractivity contribution is 0.165. The molecule has 0 amide bonds. The first-order valence-electron chi connectivity index (χ1n) is 5.02. The van der Waals surface area contributed by atoms with Crippen LogP contribution in [-0.2, 0) is 0 Å². The highest BCUT2D eigenvalue weighted by Gasteiger charge is 2.12. The maximum atomic E-state index is 9.88. The van der Waals surface area contributed by atoms with Crippen molar-refractivity contribution in [3.8, 4) is 0 Å². The van der Waals surface area contributed by atoms with Crippen LogP contribution in [0.25, 0.3) is 0 Å². The number of rotatable bonds is 5. The fourth-order valence-electron chi connectivity index (χ4n) is 1.39. The van der Waals surface area contributed by atoms with E-state index >= 15 is 0 Å². The summed E-state index contributed by atoms with van der Waals surface area (Å²) in [6.07, 6.45) is 2.88. The van der Waals surface area contributed by atoms with E-state index in [0.717, 1.165) is 28.1 Å². The predicted molar refractivity (Wildman–Crippen MR) is 65.7 cm³/mol. The van der Waals surface area contributed by atoms with E-state index in [0.29, 0.717) is 0 Å². The number of aliphatic hydroxyl groups is 1. The Kier molecular flexibility index (Phi) is 5.13. The molecular weight excluding hydrogens is 260 g/mol. The zero-order valence-electron chi connectivity index (χ0n) is 8.66. The highest BCUT2D eigenvalue weighted by atomic mass is 79.9. The number of thiophene rings is 1. The molecule has 1 aromatic heterocycles. The van der Waals surface area contributed by atoms with Gasteiger partial charge in [0.05, 0.1) is 6.10 Å². The molecule has 1 N–H and O–H groups in total. The topological polar surface area (TPSA) is 20.2 Å². The standard InChI is InChI=1S/C11H17BrOS/c1-8(2)4-3-5-10(13)11-9(12)6-7-14-11/h6-8,10,13H,3-5H2,1-2H3. The summed E-state index contributed by atoms with van der Waals surface area (Å²) >= 11 is 5.06. The van der Waals surface area contributed by atoms with Gasteiger partial charge in [-0.2, -0.15) is 0 Å². The summed E-state index contributed by atoms with van der Waals surface area (Å²) in [6.45, 7) is 4.43. The van der Waals surface area contributed by atoms with Crippen LogP contribution in [0.4, 0.5) is 0 Å². The van der Waals surface area contributed by atoms with Crippen molar-refractivity contribution in [2.24, 2.45) is 5.92 Å². The van der Waals surface area contributed by atoms with Gasteiger partial charge in [-0.15, -0.1) is 11.3 Å². The Balaban J connectivity index is 2.36. The van der Waals surface area contributed by atoms with Crippen LogP contribution in [-0.4, -0.2) is 5.11 Å². The van der Waals surface area contributed by atoms with E-state index in [1.165, 1.54) is 6.42 Å². The van der Waals surface area contributed by atoms with Crippen molar-refractivity contribution in [1.29, 1.82) is 0 Å². The molecule has 0 saturated carbocycles. The Morgan fingerprint density at radius 2 is 2.14 bits per heavy atom. The molecule has 0 bridgehead atoms. The fraction of sp³-hybridized carbons (Fsp3) is 0.636. The molecule has 14 heavy (non-hydrogen) atoms. The van der Waals surface area contributed by atoms with Gasteiger partial charge in [0.2, 0.25) is 0 Å². The summed E-state index contributed by atoms with van der Waals surface area (Å²) in [5.74, 6) is 0.731. The fourth-order valence-corrected chi connectivity index (χ4v) is 3.05. The highest BCUT2D eigenvalue weighted by Crippen LogP contribution is 2.31. The zero-order chi connectivity index (χ0) is 10.6. The molecule has 0 aliphatic carbocycles. The molecule has 1 rings (SSSR count). The molecule has 0 radical (unpaired) electrons. The van der Waals surface area contributed by atoms with Crippen molar-refractivity contribution in [3.63, 3.8) is 0 Å². The molecule has 1 unspecified atom stereocenters. The molecule has 0 spiro atoms. The van der Waals surface area contributed by atoms with Gasteiger partial charge in [0.1, 0.15) is 0 Å². The maximum absolute atomic E-state index is 9.88. The zero-order valence-corrected chi connectivity index (χ0v) is 11.1. The summed E-state index contributed by atoms with van der Waals surface area (Å²) in [7, 11) is 0. The molecule has 0 aromatic carbocycles. The summed E-state index contributed by atoms with van der Waals surface area (Å²) in [6, 6.07) is 1.99. The molecule has 80 valence electrons. The van der Waals surface area contributed by atoms with Crippen molar-refractivity contribution < 1.29 is 5.11 Å². The van der Waals surface area contributed by atoms with Crippen LogP contribution in [0.2, 0.25) is 0 Å². The first kappa shape index (κ1) is 12.2. The summed E-state index contributed by atoms with van der Waals surface area (Å²) in [5.41, 5.74) is 0. The van der Waals surface area contributed by atoms with Crippen LogP contribution in [0.5, 0.6) is 0 Å². The first-order valence-corrected chi connectivity index (χ1v) is 6.69. The van der Waals surface area contributed by atoms with Crippen LogP contribution < -0.4 is 0 Å². The Morgan fingerprint density at radius 3 is 2.64 bits per heavy atom. The number of hydrogen-bond donors (Lipinski definition) is 1. The Bertz CT molecular complexity index is 270. The van der Waals surface area contributed by atoms with Gasteiger partial charge >= 0.3 is 0 Å². The lowest BCUT2D eigenvalue weighted by Gasteiger charge is -2.10. The van der Waals surface area contributed by atoms with Gasteiger partial charge in [-0.25, -0.2) is 0 Å². The minimum absolute atomic E-state index is 0.289. The molecule has 0 saturated heterocycles. The van der Waals surface area contributed by atoms with E-state index in [1.54, 1.807) is 11.3 Å². The van der Waals surface area contributed by atoms with Gasteiger partial charge in [0.15, 0.2) is 0 Å². The Hall–Kier alpha value is 0.140. The summed E-state index contributed by atoms with van der Waals surface area (Å²) < 4.78 is 1.04. The molecule has 1 nitrogen and oxygen atoms in total. The Morgan fingerprint density at radius 1 is 1.43 bits per heavy atom. The van der Waals surface area contributed by atoms with Crippen LogP contribution in [0.15, 0.2) is 15.9 Å². The average molecular weight is 277 g/mol. The third-order valence-electron chi connectivity index (χ3n) is 2.21. The molecule has 1 aromatic rings. The predicted octanol–water partition coefficient (Wildman–Crippen LogP) is 4.37. The van der Waals surface area contributed by atoms with E-state index in [4.69, 9.17) is 0 Å². The molecule has 1 heterocycles. The number of hydrogen-bond acceptors (Lipinski definition) is 2. The van der Waals surface area contributed by atoms with Gasteiger partial charge in [0.25, 0.3) is 0 Å². The van der Waals surface area contributed by atoms with Gasteiger partial charge in [0, 0.05) is 9.35 Å². The average Bonchev–Trinajstić information content (AvgIpc) is 2.50. The van der Waals surface area contributed by atoms with Gasteiger partial charge in [-0.3, -0.25) is 0 Å². The van der Waals surface area contributed by atoms with Crippen molar-refractivity contribution in [1.82, 2.24) is 0 Å². The van der Waals surface area contributed by atoms with Crippen molar-refractivity contribution in [2.75, 3.05) is 0 Å². The molecule has 0 aliphatic rings. The Labute approximate surface area is 98.3 Å². The summed E-state index contributed by atoms with van der Waals surface area (Å²) in [5, 5.41) is 11.9. The van der Waals surface area contributed by atoms with Crippen LogP contribution in [0.1, 0.15) is 44.1 Å². The van der Waals surface area contributed by atoms with Gasteiger partial charge in [-0.05, 0) is 39.7 Å². The third kappa shape index (κ3) is 3.71. The van der Waals surface area contributed by atoms with Gasteiger partial charge in [-0.1, -0.05) is 26.7 Å². The second kappa shape index (κ2) is 5.89. The molecule has 0 fully saturated rings. The largest absolute Gasteiger partial charge is 0.388 e. The molecule has 1 atom stereocenters. The van der Waals surface area contributed by atoms with Crippen LogP contribution in [0, 0.1) is 5.92 Å². The second-order valence-corrected chi connectivity index (χ2v) is 5.78.